The van der Waals surface area contributed by atoms with Crippen LogP contribution in [0, 0.1) is 0 Å². The van der Waals surface area contributed by atoms with Crippen LogP contribution in [0.1, 0.15) is 32.6 Å². The number of nitrogens with zero attached hydrogens (tertiary/aromatic N) is 1. The van der Waals surface area contributed by atoms with Gasteiger partial charge in [-0.3, -0.25) is 5.21 Å². The van der Waals surface area contributed by atoms with E-state index in [0.717, 1.165) is 6.42 Å². The molecule has 0 saturated heterocycles. The second-order valence-electron chi connectivity index (χ2n) is 3.01. The van der Waals surface area contributed by atoms with E-state index in [1.807, 2.05) is 6.92 Å². The van der Waals surface area contributed by atoms with E-state index < -0.39 is 0 Å². The van der Waals surface area contributed by atoms with Crippen LogP contribution in [0.4, 0.5) is 0 Å². The first-order valence-corrected chi connectivity index (χ1v) is 5.41. The minimum Gasteiger partial charge on any atom is -0.291 e. The third-order valence-electron chi connectivity index (χ3n) is 2.25. The molecule has 0 aromatic rings. The quantitative estimate of drug-likeness (QED) is 0.193. The Morgan fingerprint density at radius 2 is 2.09 bits per heavy atom. The van der Waals surface area contributed by atoms with Crippen LogP contribution in [0.25, 0.3) is 0 Å². The summed E-state index contributed by atoms with van der Waals surface area (Å²) in [5, 5.41) is 9.43. The van der Waals surface area contributed by atoms with Gasteiger partial charge in [0, 0.05) is 13.3 Å². The molecule has 11 heavy (non-hydrogen) atoms. The minimum atomic E-state index is 0.356. The molecule has 2 atom stereocenters. The number of alkyl halides is 1. The summed E-state index contributed by atoms with van der Waals surface area (Å²) in [5.41, 5.74) is 0. The van der Waals surface area contributed by atoms with Crippen molar-refractivity contribution >= 4 is 28.8 Å². The van der Waals surface area contributed by atoms with Crippen LogP contribution in [0.2, 0.25) is 0 Å². The molecule has 1 aliphatic carbocycles. The van der Waals surface area contributed by atoms with Crippen LogP contribution in [0.15, 0.2) is 0 Å². The average Bonchev–Trinajstić information content (AvgIpc) is 2.04. The van der Waals surface area contributed by atoms with Gasteiger partial charge in [0.15, 0.2) is 6.21 Å². The molecule has 0 spiro atoms. The zero-order valence-corrected chi connectivity index (χ0v) is 8.99. The minimum absolute atomic E-state index is 0.356. The highest BCUT2D eigenvalue weighted by molar-refractivity contribution is 14.1. The number of rotatable bonds is 1. The van der Waals surface area contributed by atoms with Gasteiger partial charge in [-0.15, -0.1) is 0 Å². The molecule has 0 bridgehead atoms. The van der Waals surface area contributed by atoms with Gasteiger partial charge in [0.2, 0.25) is 6.04 Å². The van der Waals surface area contributed by atoms with Crippen molar-refractivity contribution in [1.29, 1.82) is 0 Å². The Hall–Kier alpha value is 0.200. The van der Waals surface area contributed by atoms with Gasteiger partial charge in [0.1, 0.15) is 0 Å². The van der Waals surface area contributed by atoms with Crippen molar-refractivity contribution in [3.8, 4) is 0 Å². The number of hydrogen-bond acceptors (Lipinski definition) is 1. The molecule has 0 aromatic heterocycles. The number of halogens is 1. The molecule has 0 aliphatic heterocycles. The molecule has 1 saturated carbocycles. The van der Waals surface area contributed by atoms with E-state index in [2.05, 4.69) is 22.6 Å². The van der Waals surface area contributed by atoms with Crippen molar-refractivity contribution in [3.05, 3.63) is 0 Å². The first-order chi connectivity index (χ1) is 5.25. The first kappa shape index (κ1) is 9.29. The SMILES string of the molecule is C/C=[N+](\O)[C@@H]1CCCC[C@H]1I. The Morgan fingerprint density at radius 1 is 1.45 bits per heavy atom. The Morgan fingerprint density at radius 3 is 2.64 bits per heavy atom. The molecular formula is C8H15INO+. The van der Waals surface area contributed by atoms with Gasteiger partial charge in [-0.25, -0.2) is 0 Å². The van der Waals surface area contributed by atoms with Gasteiger partial charge >= 0.3 is 0 Å². The fourth-order valence-corrected chi connectivity index (χ4v) is 2.69. The maximum Gasteiger partial charge on any atom is 0.213 e. The van der Waals surface area contributed by atoms with E-state index >= 15 is 0 Å². The highest BCUT2D eigenvalue weighted by Crippen LogP contribution is 2.26. The van der Waals surface area contributed by atoms with Crippen molar-refractivity contribution in [1.82, 2.24) is 0 Å². The summed E-state index contributed by atoms with van der Waals surface area (Å²) in [4.78, 5) is 0. The van der Waals surface area contributed by atoms with E-state index in [4.69, 9.17) is 0 Å². The lowest BCUT2D eigenvalue weighted by Crippen LogP contribution is -2.35. The fourth-order valence-electron chi connectivity index (χ4n) is 1.56. The third kappa shape index (κ3) is 2.32. The van der Waals surface area contributed by atoms with Crippen LogP contribution in [-0.2, 0) is 0 Å². The molecule has 64 valence electrons. The molecular weight excluding hydrogens is 253 g/mol. The largest absolute Gasteiger partial charge is 0.291 e. The van der Waals surface area contributed by atoms with Gasteiger partial charge in [0.25, 0.3) is 0 Å². The van der Waals surface area contributed by atoms with Crippen molar-refractivity contribution < 1.29 is 9.95 Å². The lowest BCUT2D eigenvalue weighted by atomic mass is 9.96. The summed E-state index contributed by atoms with van der Waals surface area (Å²) in [7, 11) is 0. The van der Waals surface area contributed by atoms with Crippen molar-refractivity contribution in [2.24, 2.45) is 0 Å². The molecule has 0 unspecified atom stereocenters. The van der Waals surface area contributed by atoms with Gasteiger partial charge in [-0.2, -0.15) is 0 Å². The molecule has 0 amide bonds. The monoisotopic (exact) mass is 268 g/mol. The molecule has 1 N–H and O–H groups in total. The summed E-state index contributed by atoms with van der Waals surface area (Å²) in [6, 6.07) is 0.356. The van der Waals surface area contributed by atoms with Gasteiger partial charge in [-0.05, 0) is 17.6 Å². The van der Waals surface area contributed by atoms with Crippen LogP contribution < -0.4 is 0 Å². The summed E-state index contributed by atoms with van der Waals surface area (Å²) >= 11 is 2.44. The van der Waals surface area contributed by atoms with Crippen LogP contribution in [0.5, 0.6) is 0 Å². The summed E-state index contributed by atoms with van der Waals surface area (Å²) in [5.74, 6) is 0. The lowest BCUT2D eigenvalue weighted by Gasteiger charge is -2.20. The van der Waals surface area contributed by atoms with Crippen molar-refractivity contribution in [2.45, 2.75) is 42.6 Å². The first-order valence-electron chi connectivity index (χ1n) is 4.16. The second kappa shape index (κ2) is 4.28. The fraction of sp³-hybridized carbons (Fsp3) is 0.875. The topological polar surface area (TPSA) is 23.2 Å². The normalized spacial score (nSPS) is 33.8. The van der Waals surface area contributed by atoms with Crippen LogP contribution in [-0.4, -0.2) is 26.1 Å². The zero-order valence-electron chi connectivity index (χ0n) is 6.83. The Bertz CT molecular complexity index is 158. The molecule has 2 nitrogen and oxygen atoms in total. The van der Waals surface area contributed by atoms with E-state index in [0.29, 0.717) is 9.97 Å². The predicted octanol–water partition coefficient (Wildman–Crippen LogP) is 2.23. The Labute approximate surface area is 81.4 Å². The summed E-state index contributed by atoms with van der Waals surface area (Å²) in [6.07, 6.45) is 6.71. The lowest BCUT2D eigenvalue weighted by molar-refractivity contribution is -0.796. The third-order valence-corrected chi connectivity index (χ3v) is 3.70. The molecule has 1 fully saturated rings. The van der Waals surface area contributed by atoms with E-state index in [1.165, 1.54) is 24.0 Å². The molecule has 1 rings (SSSR count). The molecule has 0 radical (unpaired) electrons. The predicted molar refractivity (Wildman–Crippen MR) is 53.8 cm³/mol. The number of hydroxylamine groups is 1. The standard InChI is InChI=1S/C8H15INO/c1-2-10(11)8-6-4-3-5-7(8)9/h2,7-8,11H,3-6H2,1H3/q+1/b10-2-/t7-,8-/m1/s1. The van der Waals surface area contributed by atoms with E-state index in [-0.39, 0.29) is 0 Å². The van der Waals surface area contributed by atoms with E-state index in [9.17, 15) is 5.21 Å². The van der Waals surface area contributed by atoms with E-state index in [1.54, 1.807) is 6.21 Å². The Kier molecular flexibility index (Phi) is 3.62. The molecule has 0 heterocycles. The van der Waals surface area contributed by atoms with Gasteiger partial charge < -0.3 is 0 Å². The van der Waals surface area contributed by atoms with Gasteiger partial charge in [0.05, 0.1) is 3.92 Å². The molecule has 1 aliphatic rings. The summed E-state index contributed by atoms with van der Waals surface area (Å²) < 4.78 is 1.98. The van der Waals surface area contributed by atoms with Gasteiger partial charge in [-0.1, -0.05) is 29.0 Å². The van der Waals surface area contributed by atoms with Crippen LogP contribution in [0.3, 0.4) is 0 Å². The zero-order chi connectivity index (χ0) is 8.27. The smallest absolute Gasteiger partial charge is 0.213 e. The number of hydrogen-bond donors (Lipinski definition) is 1. The van der Waals surface area contributed by atoms with Crippen molar-refractivity contribution in [2.75, 3.05) is 0 Å². The average molecular weight is 268 g/mol. The molecule has 0 aromatic carbocycles. The summed E-state index contributed by atoms with van der Waals surface area (Å²) in [6.45, 7) is 1.87. The molecule has 3 heteroatoms. The highest BCUT2D eigenvalue weighted by Gasteiger charge is 2.31. The maximum atomic E-state index is 9.43. The Balaban J connectivity index is 2.54. The van der Waals surface area contributed by atoms with Crippen molar-refractivity contribution in [3.63, 3.8) is 0 Å². The second-order valence-corrected chi connectivity index (χ2v) is 4.61. The van der Waals surface area contributed by atoms with Crippen LogP contribution >= 0.6 is 22.6 Å². The maximum absolute atomic E-state index is 9.43. The highest BCUT2D eigenvalue weighted by atomic mass is 127.